The number of amides is 1. The van der Waals surface area contributed by atoms with Crippen molar-refractivity contribution in [3.8, 4) is 6.07 Å². The predicted octanol–water partition coefficient (Wildman–Crippen LogP) is 2.46. The summed E-state index contributed by atoms with van der Waals surface area (Å²) in [4.78, 5) is 17.4. The lowest BCUT2D eigenvalue weighted by Gasteiger charge is -2.22. The number of thiazole rings is 1. The maximum Gasteiger partial charge on any atom is 0.264 e. The van der Waals surface area contributed by atoms with Crippen molar-refractivity contribution in [2.24, 2.45) is 0 Å². The second-order valence-corrected chi connectivity index (χ2v) is 6.23. The molecule has 0 unspecified atom stereocenters. The third-order valence-electron chi connectivity index (χ3n) is 3.61. The Kier molecular flexibility index (Phi) is 4.73. The molecule has 6 heteroatoms. The Morgan fingerprint density at radius 1 is 1.65 bits per heavy atom. The zero-order valence-electron chi connectivity index (χ0n) is 11.8. The first-order chi connectivity index (χ1) is 9.59. The molecule has 1 aromatic heterocycles. The summed E-state index contributed by atoms with van der Waals surface area (Å²) in [7, 11) is 1.51. The van der Waals surface area contributed by atoms with E-state index in [-0.39, 0.29) is 12.5 Å². The predicted molar refractivity (Wildman–Crippen MR) is 76.7 cm³/mol. The van der Waals surface area contributed by atoms with E-state index in [4.69, 9.17) is 4.74 Å². The smallest absolute Gasteiger partial charge is 0.264 e. The number of nitrogens with one attached hydrogen (secondary N) is 1. The molecule has 0 bridgehead atoms. The first-order valence-corrected chi connectivity index (χ1v) is 7.63. The lowest BCUT2D eigenvalue weighted by atomic mass is 10.0. The van der Waals surface area contributed by atoms with E-state index in [9.17, 15) is 10.1 Å². The number of methoxy groups -OCH3 is 1. The van der Waals surface area contributed by atoms with Gasteiger partial charge in [0.2, 0.25) is 0 Å². The van der Waals surface area contributed by atoms with Crippen molar-refractivity contribution < 1.29 is 9.53 Å². The van der Waals surface area contributed by atoms with Crippen LogP contribution in [0.2, 0.25) is 0 Å². The first-order valence-electron chi connectivity index (χ1n) is 6.76. The quantitative estimate of drug-likeness (QED) is 0.905. The number of carbonyl (C=O) groups excluding carboxylic acids is 1. The SMILES string of the molecule is COC[C@@](C)(C#N)NC(=O)c1scnc1C1CCCC1. The highest BCUT2D eigenvalue weighted by Crippen LogP contribution is 2.36. The molecule has 1 fully saturated rings. The van der Waals surface area contributed by atoms with Gasteiger partial charge < -0.3 is 10.1 Å². The second kappa shape index (κ2) is 6.33. The van der Waals surface area contributed by atoms with Crippen LogP contribution in [0.4, 0.5) is 0 Å². The van der Waals surface area contributed by atoms with Gasteiger partial charge in [-0.3, -0.25) is 4.79 Å². The van der Waals surface area contributed by atoms with E-state index >= 15 is 0 Å². The Labute approximate surface area is 123 Å². The molecular formula is C14H19N3O2S. The van der Waals surface area contributed by atoms with Crippen LogP contribution in [0.15, 0.2) is 5.51 Å². The normalized spacial score (nSPS) is 18.4. The third-order valence-corrected chi connectivity index (χ3v) is 4.45. The zero-order valence-corrected chi connectivity index (χ0v) is 12.6. The van der Waals surface area contributed by atoms with Gasteiger partial charge in [-0.05, 0) is 19.8 Å². The van der Waals surface area contributed by atoms with Gasteiger partial charge in [0, 0.05) is 13.0 Å². The summed E-state index contributed by atoms with van der Waals surface area (Å²) in [6, 6.07) is 2.09. The molecule has 0 aliphatic heterocycles. The molecule has 1 aliphatic rings. The Balaban J connectivity index is 2.14. The van der Waals surface area contributed by atoms with E-state index in [1.807, 2.05) is 0 Å². The van der Waals surface area contributed by atoms with Crippen molar-refractivity contribution in [3.63, 3.8) is 0 Å². The topological polar surface area (TPSA) is 75.0 Å². The standard InChI is InChI=1S/C14H19N3O2S/c1-14(7-15,8-19-2)17-13(18)12-11(16-9-20-12)10-5-3-4-6-10/h9-10H,3-6,8H2,1-2H3,(H,17,18)/t14-/m1/s1. The lowest BCUT2D eigenvalue weighted by Crippen LogP contribution is -2.48. The van der Waals surface area contributed by atoms with E-state index in [0.29, 0.717) is 10.8 Å². The number of nitriles is 1. The highest BCUT2D eigenvalue weighted by atomic mass is 32.1. The van der Waals surface area contributed by atoms with Gasteiger partial charge in [-0.25, -0.2) is 4.98 Å². The fourth-order valence-electron chi connectivity index (χ4n) is 2.61. The summed E-state index contributed by atoms with van der Waals surface area (Å²) in [6.45, 7) is 1.82. The molecule has 1 amide bonds. The van der Waals surface area contributed by atoms with Crippen LogP contribution in [0.25, 0.3) is 0 Å². The molecule has 1 saturated carbocycles. The summed E-state index contributed by atoms with van der Waals surface area (Å²) in [5.41, 5.74) is 1.59. The van der Waals surface area contributed by atoms with Crippen molar-refractivity contribution in [2.45, 2.75) is 44.1 Å². The van der Waals surface area contributed by atoms with E-state index in [1.165, 1.54) is 31.3 Å². The van der Waals surface area contributed by atoms with Crippen molar-refractivity contribution in [3.05, 3.63) is 16.1 Å². The minimum Gasteiger partial charge on any atom is -0.381 e. The largest absolute Gasteiger partial charge is 0.381 e. The average molecular weight is 293 g/mol. The fraction of sp³-hybridized carbons (Fsp3) is 0.643. The van der Waals surface area contributed by atoms with Gasteiger partial charge in [-0.1, -0.05) is 12.8 Å². The molecule has 5 nitrogen and oxygen atoms in total. The van der Waals surface area contributed by atoms with Crippen molar-refractivity contribution in [1.29, 1.82) is 5.26 Å². The molecule has 1 atom stereocenters. The van der Waals surface area contributed by atoms with Gasteiger partial charge in [-0.15, -0.1) is 11.3 Å². The zero-order chi connectivity index (χ0) is 14.6. The molecule has 20 heavy (non-hydrogen) atoms. The van der Waals surface area contributed by atoms with Crippen LogP contribution in [0.1, 0.15) is 53.9 Å². The first kappa shape index (κ1) is 14.9. The summed E-state index contributed by atoms with van der Waals surface area (Å²) < 4.78 is 5.00. The summed E-state index contributed by atoms with van der Waals surface area (Å²) >= 11 is 1.34. The Morgan fingerprint density at radius 2 is 2.35 bits per heavy atom. The van der Waals surface area contributed by atoms with Crippen LogP contribution >= 0.6 is 11.3 Å². The third kappa shape index (κ3) is 3.17. The Bertz CT molecular complexity index is 517. The van der Waals surface area contributed by atoms with E-state index < -0.39 is 5.54 Å². The van der Waals surface area contributed by atoms with E-state index in [2.05, 4.69) is 16.4 Å². The van der Waals surface area contributed by atoms with Crippen molar-refractivity contribution in [2.75, 3.05) is 13.7 Å². The van der Waals surface area contributed by atoms with Crippen LogP contribution in [0.3, 0.4) is 0 Å². The number of hydrogen-bond donors (Lipinski definition) is 1. The number of rotatable bonds is 5. The second-order valence-electron chi connectivity index (χ2n) is 5.38. The molecule has 0 radical (unpaired) electrons. The van der Waals surface area contributed by atoms with Gasteiger partial charge in [-0.2, -0.15) is 5.26 Å². The van der Waals surface area contributed by atoms with Crippen LogP contribution in [0, 0.1) is 11.3 Å². The number of ether oxygens (including phenoxy) is 1. The molecule has 0 aromatic carbocycles. The maximum absolute atomic E-state index is 12.4. The molecule has 108 valence electrons. The average Bonchev–Trinajstić information content (AvgIpc) is 3.09. The monoisotopic (exact) mass is 293 g/mol. The van der Waals surface area contributed by atoms with Gasteiger partial charge in [0.25, 0.3) is 5.91 Å². The molecule has 1 aliphatic carbocycles. The number of aromatic nitrogens is 1. The molecule has 0 spiro atoms. The van der Waals surface area contributed by atoms with Crippen LogP contribution in [-0.4, -0.2) is 30.1 Å². The molecular weight excluding hydrogens is 274 g/mol. The van der Waals surface area contributed by atoms with Crippen molar-refractivity contribution in [1.82, 2.24) is 10.3 Å². The number of nitrogens with zero attached hydrogens (tertiary/aromatic N) is 2. The maximum atomic E-state index is 12.4. The molecule has 1 aromatic rings. The Hall–Kier alpha value is -1.45. The highest BCUT2D eigenvalue weighted by molar-refractivity contribution is 7.11. The summed E-state index contributed by atoms with van der Waals surface area (Å²) in [5.74, 6) is 0.160. The van der Waals surface area contributed by atoms with Crippen LogP contribution in [-0.2, 0) is 4.74 Å². The highest BCUT2D eigenvalue weighted by Gasteiger charge is 2.30. The molecule has 2 rings (SSSR count). The van der Waals surface area contributed by atoms with Crippen LogP contribution in [0.5, 0.6) is 0 Å². The number of hydrogen-bond acceptors (Lipinski definition) is 5. The molecule has 1 heterocycles. The summed E-state index contributed by atoms with van der Waals surface area (Å²) in [6.07, 6.45) is 4.58. The van der Waals surface area contributed by atoms with Gasteiger partial charge >= 0.3 is 0 Å². The van der Waals surface area contributed by atoms with Gasteiger partial charge in [0.15, 0.2) is 0 Å². The fourth-order valence-corrected chi connectivity index (χ4v) is 3.38. The van der Waals surface area contributed by atoms with E-state index in [0.717, 1.165) is 18.5 Å². The van der Waals surface area contributed by atoms with Gasteiger partial charge in [0.05, 0.1) is 23.9 Å². The molecule has 0 saturated heterocycles. The van der Waals surface area contributed by atoms with Gasteiger partial charge in [0.1, 0.15) is 10.4 Å². The Morgan fingerprint density at radius 3 is 2.95 bits per heavy atom. The minimum absolute atomic E-state index is 0.160. The van der Waals surface area contributed by atoms with E-state index in [1.54, 1.807) is 12.4 Å². The minimum atomic E-state index is -1.01. The summed E-state index contributed by atoms with van der Waals surface area (Å²) in [5, 5.41) is 11.9. The molecule has 1 N–H and O–H groups in total. The lowest BCUT2D eigenvalue weighted by molar-refractivity contribution is 0.0862. The van der Waals surface area contributed by atoms with Crippen LogP contribution < -0.4 is 5.32 Å². The van der Waals surface area contributed by atoms with Crippen molar-refractivity contribution >= 4 is 17.2 Å². The number of carbonyl (C=O) groups is 1.